The van der Waals surface area contributed by atoms with E-state index < -0.39 is 0 Å². The molecule has 0 aliphatic carbocycles. The highest BCUT2D eigenvalue weighted by Crippen LogP contribution is 2.22. The summed E-state index contributed by atoms with van der Waals surface area (Å²) in [5.74, 6) is 0.348. The van der Waals surface area contributed by atoms with E-state index in [1.807, 2.05) is 55.4 Å². The predicted molar refractivity (Wildman–Crippen MR) is 108 cm³/mol. The van der Waals surface area contributed by atoms with Gasteiger partial charge in [-0.25, -0.2) is 4.98 Å². The molecule has 5 nitrogen and oxygen atoms in total. The monoisotopic (exact) mass is 366 g/mol. The first-order valence-corrected chi connectivity index (χ1v) is 8.47. The number of hydrogen-bond acceptors (Lipinski definition) is 4. The Labute approximate surface area is 157 Å². The summed E-state index contributed by atoms with van der Waals surface area (Å²) in [6, 6.07) is 18.4. The SMILES string of the molecule is CN(C)c1ccc(Nc2cc(C(=O)Nc3ccccc3Cl)ccn2)cc1. The van der Waals surface area contributed by atoms with Gasteiger partial charge in [0.25, 0.3) is 5.91 Å². The van der Waals surface area contributed by atoms with Gasteiger partial charge in [0.2, 0.25) is 0 Å². The summed E-state index contributed by atoms with van der Waals surface area (Å²) in [7, 11) is 3.98. The van der Waals surface area contributed by atoms with E-state index >= 15 is 0 Å². The minimum Gasteiger partial charge on any atom is -0.378 e. The highest BCUT2D eigenvalue weighted by molar-refractivity contribution is 6.33. The molecule has 0 saturated heterocycles. The van der Waals surface area contributed by atoms with Crippen LogP contribution in [0.25, 0.3) is 0 Å². The van der Waals surface area contributed by atoms with Crippen LogP contribution in [0.15, 0.2) is 66.9 Å². The van der Waals surface area contributed by atoms with E-state index in [0.717, 1.165) is 11.4 Å². The fraction of sp³-hybridized carbons (Fsp3) is 0.100. The van der Waals surface area contributed by atoms with Crippen molar-refractivity contribution in [2.45, 2.75) is 0 Å². The van der Waals surface area contributed by atoms with Gasteiger partial charge >= 0.3 is 0 Å². The number of carbonyl (C=O) groups is 1. The normalized spacial score (nSPS) is 10.3. The number of carbonyl (C=O) groups excluding carboxylic acids is 1. The van der Waals surface area contributed by atoms with Crippen molar-refractivity contribution in [2.24, 2.45) is 0 Å². The van der Waals surface area contributed by atoms with Crippen LogP contribution in [0.1, 0.15) is 10.4 Å². The summed E-state index contributed by atoms with van der Waals surface area (Å²) >= 11 is 6.09. The summed E-state index contributed by atoms with van der Waals surface area (Å²) in [5, 5.41) is 6.51. The van der Waals surface area contributed by atoms with Crippen LogP contribution in [0.5, 0.6) is 0 Å². The van der Waals surface area contributed by atoms with Crippen LogP contribution in [0.3, 0.4) is 0 Å². The van der Waals surface area contributed by atoms with E-state index in [-0.39, 0.29) is 5.91 Å². The number of anilines is 4. The Hall–Kier alpha value is -3.05. The van der Waals surface area contributed by atoms with Gasteiger partial charge in [-0.2, -0.15) is 0 Å². The molecule has 0 saturated carbocycles. The number of halogens is 1. The Morgan fingerprint density at radius 3 is 2.46 bits per heavy atom. The Bertz CT molecular complexity index is 910. The molecule has 0 fully saturated rings. The number of nitrogens with one attached hydrogen (secondary N) is 2. The number of benzene rings is 2. The lowest BCUT2D eigenvalue weighted by Gasteiger charge is -2.13. The third-order valence-corrected chi connectivity index (χ3v) is 4.13. The van der Waals surface area contributed by atoms with Crippen molar-refractivity contribution in [1.82, 2.24) is 4.98 Å². The maximum absolute atomic E-state index is 12.5. The topological polar surface area (TPSA) is 57.3 Å². The zero-order valence-electron chi connectivity index (χ0n) is 14.5. The molecule has 1 amide bonds. The van der Waals surface area contributed by atoms with E-state index in [2.05, 4.69) is 15.6 Å². The molecule has 0 spiro atoms. The lowest BCUT2D eigenvalue weighted by atomic mass is 10.2. The van der Waals surface area contributed by atoms with Crippen LogP contribution in [-0.4, -0.2) is 25.0 Å². The summed E-state index contributed by atoms with van der Waals surface area (Å²) in [6.45, 7) is 0. The van der Waals surface area contributed by atoms with Gasteiger partial charge in [-0.3, -0.25) is 4.79 Å². The van der Waals surface area contributed by atoms with Crippen molar-refractivity contribution in [3.63, 3.8) is 0 Å². The molecule has 2 aromatic carbocycles. The number of nitrogens with zero attached hydrogens (tertiary/aromatic N) is 2. The number of pyridine rings is 1. The van der Waals surface area contributed by atoms with Gasteiger partial charge in [0.05, 0.1) is 10.7 Å². The number of hydrogen-bond donors (Lipinski definition) is 2. The second kappa shape index (κ2) is 7.89. The Balaban J connectivity index is 1.73. The van der Waals surface area contributed by atoms with Crippen molar-refractivity contribution in [1.29, 1.82) is 0 Å². The zero-order valence-corrected chi connectivity index (χ0v) is 15.3. The second-order valence-electron chi connectivity index (χ2n) is 5.93. The van der Waals surface area contributed by atoms with Gasteiger partial charge in [-0.05, 0) is 48.5 Å². The summed E-state index contributed by atoms with van der Waals surface area (Å²) in [4.78, 5) is 18.8. The van der Waals surface area contributed by atoms with Gasteiger partial charge in [0.1, 0.15) is 5.82 Å². The summed E-state index contributed by atoms with van der Waals surface area (Å²) in [5.41, 5.74) is 3.07. The first-order chi connectivity index (χ1) is 12.5. The van der Waals surface area contributed by atoms with E-state index in [4.69, 9.17) is 11.6 Å². The standard InChI is InChI=1S/C20H19ClN4O/c1-25(2)16-9-7-15(8-10-16)23-19-13-14(11-12-22-19)20(26)24-18-6-4-3-5-17(18)21/h3-13H,1-2H3,(H,22,23)(H,24,26). The van der Waals surface area contributed by atoms with Gasteiger partial charge in [0.15, 0.2) is 0 Å². The van der Waals surface area contributed by atoms with E-state index in [1.54, 1.807) is 30.5 Å². The molecule has 132 valence electrons. The van der Waals surface area contributed by atoms with Gasteiger partial charge in [-0.15, -0.1) is 0 Å². The Kier molecular flexibility index (Phi) is 5.39. The summed E-state index contributed by atoms with van der Waals surface area (Å²) < 4.78 is 0. The van der Waals surface area contributed by atoms with Gasteiger partial charge < -0.3 is 15.5 Å². The molecule has 0 bridgehead atoms. The number of rotatable bonds is 5. The van der Waals surface area contributed by atoms with Crippen LogP contribution < -0.4 is 15.5 Å². The van der Waals surface area contributed by atoms with Crippen LogP contribution in [-0.2, 0) is 0 Å². The second-order valence-corrected chi connectivity index (χ2v) is 6.34. The van der Waals surface area contributed by atoms with Crippen LogP contribution in [0.4, 0.5) is 22.9 Å². The molecule has 1 heterocycles. The molecule has 26 heavy (non-hydrogen) atoms. The molecule has 6 heteroatoms. The number of amides is 1. The average Bonchev–Trinajstić information content (AvgIpc) is 2.64. The van der Waals surface area contributed by atoms with E-state index in [0.29, 0.717) is 22.1 Å². The third-order valence-electron chi connectivity index (χ3n) is 3.80. The van der Waals surface area contributed by atoms with Crippen molar-refractivity contribution in [3.8, 4) is 0 Å². The fourth-order valence-electron chi connectivity index (χ4n) is 2.39. The quantitative estimate of drug-likeness (QED) is 0.681. The number of aromatic nitrogens is 1. The van der Waals surface area contributed by atoms with Gasteiger partial charge in [-0.1, -0.05) is 23.7 Å². The molecule has 0 unspecified atom stereocenters. The van der Waals surface area contributed by atoms with E-state index in [9.17, 15) is 4.79 Å². The van der Waals surface area contributed by atoms with E-state index in [1.165, 1.54) is 0 Å². The molecule has 1 aromatic heterocycles. The molecule has 3 rings (SSSR count). The third kappa shape index (κ3) is 4.32. The minimum absolute atomic E-state index is 0.244. The molecule has 0 radical (unpaired) electrons. The first-order valence-electron chi connectivity index (χ1n) is 8.09. The highest BCUT2D eigenvalue weighted by atomic mass is 35.5. The van der Waals surface area contributed by atoms with Gasteiger partial charge in [0, 0.05) is 37.2 Å². The Morgan fingerprint density at radius 2 is 1.77 bits per heavy atom. The first kappa shape index (κ1) is 17.8. The Morgan fingerprint density at radius 1 is 1.04 bits per heavy atom. The van der Waals surface area contributed by atoms with Crippen molar-refractivity contribution in [3.05, 3.63) is 77.4 Å². The molecule has 3 aromatic rings. The average molecular weight is 367 g/mol. The minimum atomic E-state index is -0.244. The lowest BCUT2D eigenvalue weighted by Crippen LogP contribution is -2.12. The molecular weight excluding hydrogens is 348 g/mol. The largest absolute Gasteiger partial charge is 0.378 e. The lowest BCUT2D eigenvalue weighted by molar-refractivity contribution is 0.102. The van der Waals surface area contributed by atoms with Crippen LogP contribution >= 0.6 is 11.6 Å². The number of para-hydroxylation sites is 1. The molecule has 0 aliphatic heterocycles. The maximum atomic E-state index is 12.5. The zero-order chi connectivity index (χ0) is 18.5. The smallest absolute Gasteiger partial charge is 0.255 e. The maximum Gasteiger partial charge on any atom is 0.255 e. The molecular formula is C20H19ClN4O. The van der Waals surface area contributed by atoms with Crippen LogP contribution in [0.2, 0.25) is 5.02 Å². The highest BCUT2D eigenvalue weighted by Gasteiger charge is 2.09. The molecule has 0 aliphatic rings. The fourth-order valence-corrected chi connectivity index (χ4v) is 2.57. The summed E-state index contributed by atoms with van der Waals surface area (Å²) in [6.07, 6.45) is 1.60. The van der Waals surface area contributed by atoms with Crippen molar-refractivity contribution in [2.75, 3.05) is 29.6 Å². The predicted octanol–water partition coefficient (Wildman–Crippen LogP) is 4.80. The van der Waals surface area contributed by atoms with Crippen LogP contribution in [0, 0.1) is 0 Å². The van der Waals surface area contributed by atoms with Crippen molar-refractivity contribution >= 4 is 40.4 Å². The molecule has 2 N–H and O–H groups in total. The van der Waals surface area contributed by atoms with Crippen molar-refractivity contribution < 1.29 is 4.79 Å². The molecule has 0 atom stereocenters.